The second kappa shape index (κ2) is 11.0. The fraction of sp³-hybridized carbons (Fsp3) is 0.600. The van der Waals surface area contributed by atoms with Gasteiger partial charge in [0.1, 0.15) is 0 Å². The molecule has 4 nitrogen and oxygen atoms in total. The highest BCUT2D eigenvalue weighted by Gasteiger charge is 2.12. The van der Waals surface area contributed by atoms with Gasteiger partial charge < -0.3 is 19.3 Å². The fourth-order valence-electron chi connectivity index (χ4n) is 1.42. The van der Waals surface area contributed by atoms with Gasteiger partial charge in [-0.2, -0.15) is 0 Å². The van der Waals surface area contributed by atoms with Gasteiger partial charge in [0, 0.05) is 5.69 Å². The van der Waals surface area contributed by atoms with Gasteiger partial charge in [-0.05, 0) is 30.5 Å². The lowest BCUT2D eigenvalue weighted by molar-refractivity contribution is 0.152. The first kappa shape index (κ1) is 17.4. The van der Waals surface area contributed by atoms with E-state index in [9.17, 15) is 0 Å². The predicted octanol–water partition coefficient (Wildman–Crippen LogP) is 4.65. The van der Waals surface area contributed by atoms with Gasteiger partial charge in [0.2, 0.25) is 0 Å². The van der Waals surface area contributed by atoms with Crippen LogP contribution in [0.2, 0.25) is 0 Å². The van der Waals surface area contributed by atoms with E-state index >= 15 is 0 Å². The van der Waals surface area contributed by atoms with Gasteiger partial charge in [-0.3, -0.25) is 0 Å². The quantitative estimate of drug-likeness (QED) is 0.367. The van der Waals surface area contributed by atoms with Crippen LogP contribution in [0, 0.1) is 0 Å². The molecular weight excluding hydrogens is 273 g/mol. The summed E-state index contributed by atoms with van der Waals surface area (Å²) in [5.41, 5.74) is 7.49. The summed E-state index contributed by atoms with van der Waals surface area (Å²) in [7, 11) is -1.25. The minimum absolute atomic E-state index is 0.490. The molecule has 0 radical (unpaired) electrons. The van der Waals surface area contributed by atoms with Crippen molar-refractivity contribution in [2.24, 2.45) is 0 Å². The summed E-state index contributed by atoms with van der Waals surface area (Å²) in [5, 5.41) is 0. The normalized spacial score (nSPS) is 11.2. The van der Waals surface area contributed by atoms with Crippen molar-refractivity contribution in [3.8, 4) is 0 Å². The van der Waals surface area contributed by atoms with Gasteiger partial charge in [0.25, 0.3) is 0 Å². The molecule has 1 aromatic rings. The van der Waals surface area contributed by atoms with Crippen molar-refractivity contribution in [2.45, 2.75) is 46.1 Å². The molecular formula is C15H26NO3P. The largest absolute Gasteiger partial charge is 0.399 e. The third kappa shape index (κ3) is 7.81. The number of anilines is 1. The fourth-order valence-corrected chi connectivity index (χ4v) is 2.45. The second-order valence-corrected chi connectivity index (χ2v) is 5.83. The van der Waals surface area contributed by atoms with E-state index in [-0.39, 0.29) is 0 Å². The molecule has 114 valence electrons. The van der Waals surface area contributed by atoms with Gasteiger partial charge in [-0.15, -0.1) is 0 Å². The molecule has 0 saturated heterocycles. The van der Waals surface area contributed by atoms with Crippen LogP contribution in [0.1, 0.15) is 45.1 Å². The SMILES string of the molecule is CCCCOP(OCCCC)OCc1ccc(N)cc1. The van der Waals surface area contributed by atoms with Gasteiger partial charge in [0.05, 0.1) is 19.8 Å². The number of unbranched alkanes of at least 4 members (excludes halogenated alkanes) is 2. The Bertz CT molecular complexity index is 335. The van der Waals surface area contributed by atoms with Gasteiger partial charge in [-0.25, -0.2) is 0 Å². The molecule has 0 aliphatic rings. The molecule has 20 heavy (non-hydrogen) atoms. The zero-order chi connectivity index (χ0) is 14.6. The molecule has 0 fully saturated rings. The van der Waals surface area contributed by atoms with Crippen LogP contribution in [0.3, 0.4) is 0 Å². The topological polar surface area (TPSA) is 53.7 Å². The van der Waals surface area contributed by atoms with E-state index in [1.54, 1.807) is 0 Å². The van der Waals surface area contributed by atoms with Crippen LogP contribution in [-0.4, -0.2) is 13.2 Å². The van der Waals surface area contributed by atoms with Crippen molar-refractivity contribution in [2.75, 3.05) is 18.9 Å². The lowest BCUT2D eigenvalue weighted by atomic mass is 10.2. The van der Waals surface area contributed by atoms with E-state index in [0.29, 0.717) is 19.8 Å². The molecule has 0 aromatic heterocycles. The molecule has 5 heteroatoms. The van der Waals surface area contributed by atoms with Gasteiger partial charge >= 0.3 is 8.60 Å². The maximum Gasteiger partial charge on any atom is 0.332 e. The molecule has 0 spiro atoms. The Labute approximate surface area is 123 Å². The number of benzene rings is 1. The zero-order valence-corrected chi connectivity index (χ0v) is 13.4. The average Bonchev–Trinajstić information content (AvgIpc) is 2.46. The van der Waals surface area contributed by atoms with Crippen molar-refractivity contribution in [3.05, 3.63) is 29.8 Å². The number of nitrogens with two attached hydrogens (primary N) is 1. The Hall–Kier alpha value is -0.670. The van der Waals surface area contributed by atoms with E-state index in [1.165, 1.54) is 0 Å². The molecule has 0 aliphatic carbocycles. The molecule has 1 aromatic carbocycles. The molecule has 0 amide bonds. The number of rotatable bonds is 11. The summed E-state index contributed by atoms with van der Waals surface area (Å²) < 4.78 is 17.1. The minimum atomic E-state index is -1.25. The maximum absolute atomic E-state index is 5.74. The van der Waals surface area contributed by atoms with Crippen LogP contribution in [0.5, 0.6) is 0 Å². The van der Waals surface area contributed by atoms with Crippen LogP contribution < -0.4 is 5.73 Å². The van der Waals surface area contributed by atoms with E-state index in [1.807, 2.05) is 24.3 Å². The summed E-state index contributed by atoms with van der Waals surface area (Å²) in [5.74, 6) is 0. The summed E-state index contributed by atoms with van der Waals surface area (Å²) >= 11 is 0. The standard InChI is InChI=1S/C15H26NO3P/c1-3-5-11-17-20(18-12-6-4-2)19-13-14-7-9-15(16)10-8-14/h7-10H,3-6,11-13,16H2,1-2H3. The molecule has 0 atom stereocenters. The smallest absolute Gasteiger partial charge is 0.332 e. The zero-order valence-electron chi connectivity index (χ0n) is 12.5. The first-order chi connectivity index (χ1) is 9.76. The van der Waals surface area contributed by atoms with Gasteiger partial charge in [-0.1, -0.05) is 38.8 Å². The first-order valence-corrected chi connectivity index (χ1v) is 8.39. The number of hydrogen-bond acceptors (Lipinski definition) is 4. The van der Waals surface area contributed by atoms with Crippen LogP contribution in [0.25, 0.3) is 0 Å². The molecule has 0 heterocycles. The third-order valence-corrected chi connectivity index (χ3v) is 3.83. The highest BCUT2D eigenvalue weighted by atomic mass is 31.2. The van der Waals surface area contributed by atoms with Crippen molar-refractivity contribution in [1.29, 1.82) is 0 Å². The molecule has 0 bridgehead atoms. The van der Waals surface area contributed by atoms with Crippen molar-refractivity contribution in [3.63, 3.8) is 0 Å². The molecule has 1 rings (SSSR count). The van der Waals surface area contributed by atoms with Crippen molar-refractivity contribution >= 4 is 14.3 Å². The molecule has 0 saturated carbocycles. The van der Waals surface area contributed by atoms with Crippen LogP contribution in [0.4, 0.5) is 5.69 Å². The summed E-state index contributed by atoms with van der Waals surface area (Å²) in [6.45, 7) is 6.15. The number of hydrogen-bond donors (Lipinski definition) is 1. The van der Waals surface area contributed by atoms with Crippen LogP contribution in [0.15, 0.2) is 24.3 Å². The first-order valence-electron chi connectivity index (χ1n) is 7.29. The van der Waals surface area contributed by atoms with Gasteiger partial charge in [0.15, 0.2) is 0 Å². The molecule has 0 aliphatic heterocycles. The highest BCUT2D eigenvalue weighted by molar-refractivity contribution is 7.41. The minimum Gasteiger partial charge on any atom is -0.399 e. The van der Waals surface area contributed by atoms with E-state index in [4.69, 9.17) is 19.3 Å². The van der Waals surface area contributed by atoms with Crippen LogP contribution in [-0.2, 0) is 20.2 Å². The lowest BCUT2D eigenvalue weighted by Gasteiger charge is -2.16. The van der Waals surface area contributed by atoms with Crippen molar-refractivity contribution < 1.29 is 13.6 Å². The summed E-state index contributed by atoms with van der Waals surface area (Å²) in [6, 6.07) is 7.66. The van der Waals surface area contributed by atoms with E-state index < -0.39 is 8.60 Å². The Morgan fingerprint density at radius 3 is 1.95 bits per heavy atom. The lowest BCUT2D eigenvalue weighted by Crippen LogP contribution is -1.99. The van der Waals surface area contributed by atoms with Crippen molar-refractivity contribution in [1.82, 2.24) is 0 Å². The molecule has 2 N–H and O–H groups in total. The second-order valence-electron chi connectivity index (χ2n) is 4.61. The Balaban J connectivity index is 2.35. The van der Waals surface area contributed by atoms with Crippen LogP contribution >= 0.6 is 8.60 Å². The Kier molecular flexibility index (Phi) is 9.60. The molecule has 0 unspecified atom stereocenters. The van der Waals surface area contributed by atoms with E-state index in [0.717, 1.165) is 36.9 Å². The summed E-state index contributed by atoms with van der Waals surface area (Å²) in [4.78, 5) is 0. The maximum atomic E-state index is 5.74. The number of nitrogen functional groups attached to an aromatic ring is 1. The summed E-state index contributed by atoms with van der Waals surface area (Å²) in [6.07, 6.45) is 4.27. The Morgan fingerprint density at radius 1 is 0.900 bits per heavy atom. The monoisotopic (exact) mass is 299 g/mol. The highest BCUT2D eigenvalue weighted by Crippen LogP contribution is 2.41. The predicted molar refractivity (Wildman–Crippen MR) is 84.3 cm³/mol. The average molecular weight is 299 g/mol. The van der Waals surface area contributed by atoms with E-state index in [2.05, 4.69) is 13.8 Å². The Morgan fingerprint density at radius 2 is 1.45 bits per heavy atom. The third-order valence-electron chi connectivity index (χ3n) is 2.71.